The number of para-hydroxylation sites is 1. The van der Waals surface area contributed by atoms with Crippen LogP contribution in [0.25, 0.3) is 0 Å². The minimum Gasteiger partial charge on any atom is -0.315 e. The number of amides is 1. The highest BCUT2D eigenvalue weighted by Crippen LogP contribution is 2.27. The molecule has 0 saturated heterocycles. The van der Waals surface area contributed by atoms with Crippen LogP contribution in [-0.4, -0.2) is 18.7 Å². The number of nitrogens with zero attached hydrogens (tertiary/aromatic N) is 1. The first-order chi connectivity index (χ1) is 7.11. The monoisotopic (exact) mass is 203 g/mol. The second kappa shape index (κ2) is 3.50. The van der Waals surface area contributed by atoms with Crippen LogP contribution in [0, 0.1) is 5.92 Å². The van der Waals surface area contributed by atoms with Gasteiger partial charge in [0.05, 0.1) is 5.69 Å². The van der Waals surface area contributed by atoms with E-state index in [9.17, 15) is 9.59 Å². The van der Waals surface area contributed by atoms with E-state index < -0.39 is 0 Å². The molecule has 78 valence electrons. The number of hydrogen-bond donors (Lipinski definition) is 0. The number of rotatable bonds is 0. The van der Waals surface area contributed by atoms with Crippen molar-refractivity contribution in [3.63, 3.8) is 0 Å². The summed E-state index contributed by atoms with van der Waals surface area (Å²) in [6, 6.07) is 7.25. The number of Topliss-reactive ketones (excluding diaryl/α,β-unsaturated/α-hetero) is 1. The van der Waals surface area contributed by atoms with Gasteiger partial charge in [0, 0.05) is 24.9 Å². The van der Waals surface area contributed by atoms with Crippen molar-refractivity contribution in [2.24, 2.45) is 5.92 Å². The SMILES string of the molecule is CC1CC(=O)c2ccccc2N(C)C1=O. The van der Waals surface area contributed by atoms with Crippen LogP contribution in [0.1, 0.15) is 23.7 Å². The van der Waals surface area contributed by atoms with E-state index in [-0.39, 0.29) is 17.6 Å². The maximum absolute atomic E-state index is 11.8. The van der Waals surface area contributed by atoms with Crippen molar-refractivity contribution >= 4 is 17.4 Å². The third-order valence-electron chi connectivity index (χ3n) is 2.81. The van der Waals surface area contributed by atoms with Gasteiger partial charge in [0.15, 0.2) is 5.78 Å². The number of fused-ring (bicyclic) bond motifs is 1. The summed E-state index contributed by atoms with van der Waals surface area (Å²) in [6.45, 7) is 1.79. The standard InChI is InChI=1S/C12H13NO2/c1-8-7-11(14)9-5-3-4-6-10(9)13(2)12(8)15/h3-6,8H,7H2,1-2H3. The summed E-state index contributed by atoms with van der Waals surface area (Å²) in [5.41, 5.74) is 1.37. The Morgan fingerprint density at radius 2 is 1.93 bits per heavy atom. The molecule has 1 aromatic rings. The zero-order valence-corrected chi connectivity index (χ0v) is 8.86. The molecule has 0 aliphatic carbocycles. The molecule has 0 aromatic heterocycles. The van der Waals surface area contributed by atoms with E-state index in [0.29, 0.717) is 12.0 Å². The summed E-state index contributed by atoms with van der Waals surface area (Å²) in [7, 11) is 1.72. The molecule has 0 bridgehead atoms. The van der Waals surface area contributed by atoms with Gasteiger partial charge in [-0.3, -0.25) is 9.59 Å². The molecule has 2 rings (SSSR count). The largest absolute Gasteiger partial charge is 0.315 e. The fourth-order valence-electron chi connectivity index (χ4n) is 1.93. The van der Waals surface area contributed by atoms with E-state index in [4.69, 9.17) is 0 Å². The third kappa shape index (κ3) is 1.54. The van der Waals surface area contributed by atoms with Gasteiger partial charge in [-0.1, -0.05) is 19.1 Å². The summed E-state index contributed by atoms with van der Waals surface area (Å²) in [6.07, 6.45) is 0.306. The topological polar surface area (TPSA) is 37.4 Å². The first kappa shape index (κ1) is 9.90. The summed E-state index contributed by atoms with van der Waals surface area (Å²) in [5.74, 6) is -0.168. The fourth-order valence-corrected chi connectivity index (χ4v) is 1.93. The molecule has 3 heteroatoms. The Kier molecular flexibility index (Phi) is 2.31. The van der Waals surface area contributed by atoms with Crippen LogP contribution in [0.15, 0.2) is 24.3 Å². The maximum atomic E-state index is 11.8. The van der Waals surface area contributed by atoms with E-state index in [1.807, 2.05) is 18.2 Å². The van der Waals surface area contributed by atoms with Gasteiger partial charge >= 0.3 is 0 Å². The van der Waals surface area contributed by atoms with Gasteiger partial charge in [0.1, 0.15) is 0 Å². The molecule has 0 fully saturated rings. The van der Waals surface area contributed by atoms with Crippen molar-refractivity contribution in [1.82, 2.24) is 0 Å². The van der Waals surface area contributed by atoms with Crippen molar-refractivity contribution in [2.45, 2.75) is 13.3 Å². The molecule has 15 heavy (non-hydrogen) atoms. The second-order valence-corrected chi connectivity index (χ2v) is 3.94. The van der Waals surface area contributed by atoms with Crippen LogP contribution in [0.3, 0.4) is 0 Å². The number of carbonyl (C=O) groups is 2. The van der Waals surface area contributed by atoms with E-state index in [1.54, 1.807) is 24.9 Å². The van der Waals surface area contributed by atoms with Gasteiger partial charge in [-0.25, -0.2) is 0 Å². The fraction of sp³-hybridized carbons (Fsp3) is 0.333. The van der Waals surface area contributed by atoms with Gasteiger partial charge in [-0.2, -0.15) is 0 Å². The Labute approximate surface area is 88.7 Å². The lowest BCUT2D eigenvalue weighted by molar-refractivity contribution is -0.121. The Morgan fingerprint density at radius 1 is 1.27 bits per heavy atom. The van der Waals surface area contributed by atoms with Gasteiger partial charge < -0.3 is 4.90 Å². The third-order valence-corrected chi connectivity index (χ3v) is 2.81. The average Bonchev–Trinajstić information content (AvgIpc) is 2.33. The summed E-state index contributed by atoms with van der Waals surface area (Å²) in [5, 5.41) is 0. The van der Waals surface area contributed by atoms with Crippen LogP contribution in [0.2, 0.25) is 0 Å². The molecule has 1 aromatic carbocycles. The highest BCUT2D eigenvalue weighted by Gasteiger charge is 2.28. The Bertz CT molecular complexity index is 425. The number of benzene rings is 1. The smallest absolute Gasteiger partial charge is 0.230 e. The lowest BCUT2D eigenvalue weighted by atomic mass is 10.0. The molecule has 0 saturated carbocycles. The zero-order valence-electron chi connectivity index (χ0n) is 8.86. The summed E-state index contributed by atoms with van der Waals surface area (Å²) < 4.78 is 0. The number of ketones is 1. The maximum Gasteiger partial charge on any atom is 0.230 e. The molecule has 0 radical (unpaired) electrons. The van der Waals surface area contributed by atoms with Gasteiger partial charge in [-0.15, -0.1) is 0 Å². The van der Waals surface area contributed by atoms with E-state index in [2.05, 4.69) is 0 Å². The summed E-state index contributed by atoms with van der Waals surface area (Å²) in [4.78, 5) is 25.2. The molecule has 0 N–H and O–H groups in total. The van der Waals surface area contributed by atoms with Crippen molar-refractivity contribution in [3.05, 3.63) is 29.8 Å². The Hall–Kier alpha value is -1.64. The van der Waals surface area contributed by atoms with Crippen LogP contribution < -0.4 is 4.90 Å². The van der Waals surface area contributed by atoms with Crippen molar-refractivity contribution in [3.8, 4) is 0 Å². The van der Waals surface area contributed by atoms with Crippen LogP contribution in [-0.2, 0) is 4.79 Å². The molecule has 1 unspecified atom stereocenters. The molecule has 1 heterocycles. The first-order valence-electron chi connectivity index (χ1n) is 5.01. The highest BCUT2D eigenvalue weighted by molar-refractivity contribution is 6.10. The highest BCUT2D eigenvalue weighted by atomic mass is 16.2. The Morgan fingerprint density at radius 3 is 2.67 bits per heavy atom. The zero-order chi connectivity index (χ0) is 11.0. The molecule has 1 amide bonds. The average molecular weight is 203 g/mol. The predicted octanol–water partition coefficient (Wildman–Crippen LogP) is 1.87. The second-order valence-electron chi connectivity index (χ2n) is 3.94. The number of hydrogen-bond acceptors (Lipinski definition) is 2. The molecular formula is C12H13NO2. The van der Waals surface area contributed by atoms with E-state index >= 15 is 0 Å². The van der Waals surface area contributed by atoms with Crippen LogP contribution in [0.5, 0.6) is 0 Å². The molecular weight excluding hydrogens is 190 g/mol. The molecule has 1 aliphatic heterocycles. The van der Waals surface area contributed by atoms with Gasteiger partial charge in [0.2, 0.25) is 5.91 Å². The molecule has 1 atom stereocenters. The quantitative estimate of drug-likeness (QED) is 0.645. The predicted molar refractivity (Wildman–Crippen MR) is 58.0 cm³/mol. The first-order valence-corrected chi connectivity index (χ1v) is 5.01. The van der Waals surface area contributed by atoms with Crippen molar-refractivity contribution in [2.75, 3.05) is 11.9 Å². The lowest BCUT2D eigenvalue weighted by Crippen LogP contribution is -2.30. The molecule has 1 aliphatic rings. The van der Waals surface area contributed by atoms with Crippen LogP contribution >= 0.6 is 0 Å². The normalized spacial score (nSPS) is 21.2. The molecule has 0 spiro atoms. The van der Waals surface area contributed by atoms with E-state index in [1.165, 1.54) is 0 Å². The Balaban J connectivity index is 2.57. The number of carbonyl (C=O) groups excluding carboxylic acids is 2. The summed E-state index contributed by atoms with van der Waals surface area (Å²) >= 11 is 0. The van der Waals surface area contributed by atoms with Gasteiger partial charge in [-0.05, 0) is 12.1 Å². The molecule has 3 nitrogen and oxygen atoms in total. The minimum atomic E-state index is -0.227. The van der Waals surface area contributed by atoms with Crippen molar-refractivity contribution < 1.29 is 9.59 Å². The van der Waals surface area contributed by atoms with Crippen molar-refractivity contribution in [1.29, 1.82) is 0 Å². The van der Waals surface area contributed by atoms with Crippen LogP contribution in [0.4, 0.5) is 5.69 Å². The number of anilines is 1. The van der Waals surface area contributed by atoms with Gasteiger partial charge in [0.25, 0.3) is 0 Å². The van der Waals surface area contributed by atoms with E-state index in [0.717, 1.165) is 5.69 Å². The minimum absolute atomic E-state index is 0.00769. The lowest BCUT2D eigenvalue weighted by Gasteiger charge is -2.18.